The van der Waals surface area contributed by atoms with E-state index in [1.54, 1.807) is 25.1 Å². The second kappa shape index (κ2) is 11.8. The number of unbranched alkanes of at least 4 members (excludes halogenated alkanes) is 3. The number of para-hydroxylation sites is 1. The van der Waals surface area contributed by atoms with Gasteiger partial charge in [-0.25, -0.2) is 10.4 Å². The lowest BCUT2D eigenvalue weighted by molar-refractivity contribution is 0.106. The predicted octanol–water partition coefficient (Wildman–Crippen LogP) is 2.85. The van der Waals surface area contributed by atoms with E-state index in [9.17, 15) is 9.59 Å². The van der Waals surface area contributed by atoms with E-state index in [1.807, 2.05) is 6.07 Å². The maximum Gasteiger partial charge on any atom is 0.255 e. The number of aryl methyl sites for hydroxylation is 1. The van der Waals surface area contributed by atoms with Crippen molar-refractivity contribution in [1.29, 1.82) is 0 Å². The number of nitrogens with one attached hydrogen (secondary N) is 2. The van der Waals surface area contributed by atoms with E-state index in [1.165, 1.54) is 6.42 Å². The van der Waals surface area contributed by atoms with E-state index in [0.29, 0.717) is 29.2 Å². The Morgan fingerprint density at radius 2 is 2.10 bits per heavy atom. The molecule has 8 heteroatoms. The topological polar surface area (TPSA) is 117 Å². The van der Waals surface area contributed by atoms with Crippen LogP contribution in [0.25, 0.3) is 0 Å². The highest BCUT2D eigenvalue weighted by atomic mass is 16.5. The van der Waals surface area contributed by atoms with Gasteiger partial charge in [-0.2, -0.15) is 5.10 Å². The lowest BCUT2D eigenvalue weighted by Gasteiger charge is -2.09. The Morgan fingerprint density at radius 1 is 1.31 bits per heavy atom. The number of rotatable bonds is 12. The van der Waals surface area contributed by atoms with Crippen molar-refractivity contribution in [2.24, 2.45) is 5.10 Å². The summed E-state index contributed by atoms with van der Waals surface area (Å²) in [5, 5.41) is 12.9. The highest BCUT2D eigenvalue weighted by molar-refractivity contribution is 6.36. The summed E-state index contributed by atoms with van der Waals surface area (Å²) < 4.78 is 5.75. The average Bonchev–Trinajstić information content (AvgIpc) is 2.71. The van der Waals surface area contributed by atoms with Crippen molar-refractivity contribution in [3.05, 3.63) is 51.4 Å². The maximum atomic E-state index is 12.5. The summed E-state index contributed by atoms with van der Waals surface area (Å²) in [6.07, 6.45) is 5.71. The fourth-order valence-electron chi connectivity index (χ4n) is 2.80. The Kier molecular flexibility index (Phi) is 9.04. The average molecular weight is 400 g/mol. The minimum absolute atomic E-state index is 0.124. The van der Waals surface area contributed by atoms with E-state index < -0.39 is 0 Å². The molecule has 8 nitrogen and oxygen atoms in total. The number of ketones is 1. The zero-order valence-electron chi connectivity index (χ0n) is 16.9. The number of aromatic amines is 1. The summed E-state index contributed by atoms with van der Waals surface area (Å²) in [5.74, 6) is 0.326. The van der Waals surface area contributed by atoms with Gasteiger partial charge in [-0.1, -0.05) is 38.3 Å². The molecule has 0 aliphatic carbocycles. The summed E-state index contributed by atoms with van der Waals surface area (Å²) in [6.45, 7) is 4.25. The number of carbonyl (C=O) groups is 1. The molecular formula is C21H28N4O4. The van der Waals surface area contributed by atoms with Crippen molar-refractivity contribution in [1.82, 2.24) is 9.97 Å². The van der Waals surface area contributed by atoms with Crippen molar-refractivity contribution in [3.8, 4) is 5.75 Å². The molecule has 29 heavy (non-hydrogen) atoms. The molecule has 1 aromatic carbocycles. The van der Waals surface area contributed by atoms with Gasteiger partial charge in [-0.15, -0.1) is 0 Å². The van der Waals surface area contributed by atoms with Crippen LogP contribution in [-0.4, -0.2) is 40.3 Å². The van der Waals surface area contributed by atoms with Crippen LogP contribution < -0.4 is 15.7 Å². The van der Waals surface area contributed by atoms with Crippen molar-refractivity contribution >= 4 is 17.9 Å². The molecule has 0 unspecified atom stereocenters. The van der Waals surface area contributed by atoms with Crippen molar-refractivity contribution in [3.63, 3.8) is 0 Å². The van der Waals surface area contributed by atoms with Crippen LogP contribution >= 0.6 is 0 Å². The van der Waals surface area contributed by atoms with Crippen LogP contribution in [0, 0.1) is 6.92 Å². The molecule has 1 aromatic heterocycles. The van der Waals surface area contributed by atoms with Crippen molar-refractivity contribution in [2.45, 2.75) is 46.0 Å². The Labute approximate surface area is 170 Å². The molecule has 0 fully saturated rings. The number of aromatic nitrogens is 2. The van der Waals surface area contributed by atoms with Gasteiger partial charge in [0.25, 0.3) is 5.56 Å². The first-order valence-corrected chi connectivity index (χ1v) is 9.82. The second-order valence-corrected chi connectivity index (χ2v) is 6.59. The van der Waals surface area contributed by atoms with Gasteiger partial charge in [0.2, 0.25) is 11.7 Å². The Hall–Kier alpha value is -3.00. The van der Waals surface area contributed by atoms with Gasteiger partial charge in [0.1, 0.15) is 5.75 Å². The molecule has 1 heterocycles. The van der Waals surface area contributed by atoms with Crippen molar-refractivity contribution in [2.75, 3.05) is 18.6 Å². The fourth-order valence-corrected chi connectivity index (χ4v) is 2.80. The lowest BCUT2D eigenvalue weighted by atomic mass is 10.1. The van der Waals surface area contributed by atoms with E-state index in [-0.39, 0.29) is 30.3 Å². The molecule has 0 saturated carbocycles. The number of nitrogens with zero attached hydrogens (tertiary/aromatic N) is 2. The Morgan fingerprint density at radius 3 is 2.83 bits per heavy atom. The number of hydrogen-bond acceptors (Lipinski definition) is 7. The summed E-state index contributed by atoms with van der Waals surface area (Å²) >= 11 is 0. The predicted molar refractivity (Wildman–Crippen MR) is 113 cm³/mol. The highest BCUT2D eigenvalue weighted by Gasteiger charge is 2.11. The van der Waals surface area contributed by atoms with Gasteiger partial charge < -0.3 is 9.84 Å². The molecule has 156 valence electrons. The summed E-state index contributed by atoms with van der Waals surface area (Å²) in [6, 6.07) is 7.03. The number of hydrogen-bond donors (Lipinski definition) is 3. The number of aliphatic hydroxyl groups is 1. The molecular weight excluding hydrogens is 372 g/mol. The zero-order chi connectivity index (χ0) is 21.1. The van der Waals surface area contributed by atoms with Gasteiger partial charge in [0, 0.05) is 18.6 Å². The van der Waals surface area contributed by atoms with Crippen LogP contribution in [0.15, 0.2) is 34.2 Å². The number of ether oxygens (including phenoxy) is 1. The van der Waals surface area contributed by atoms with Gasteiger partial charge in [-0.3, -0.25) is 14.6 Å². The van der Waals surface area contributed by atoms with Gasteiger partial charge in [0.05, 0.1) is 24.1 Å². The van der Waals surface area contributed by atoms with Crippen molar-refractivity contribution < 1.29 is 14.6 Å². The van der Waals surface area contributed by atoms with E-state index in [4.69, 9.17) is 9.84 Å². The smallest absolute Gasteiger partial charge is 0.255 e. The third-order valence-electron chi connectivity index (χ3n) is 4.34. The lowest BCUT2D eigenvalue weighted by Crippen LogP contribution is -2.19. The number of benzene rings is 1. The van der Waals surface area contributed by atoms with Gasteiger partial charge in [-0.05, 0) is 25.5 Å². The quantitative estimate of drug-likeness (QED) is 0.218. The molecule has 0 bridgehead atoms. The monoisotopic (exact) mass is 400 g/mol. The number of anilines is 1. The molecule has 2 rings (SSSR count). The summed E-state index contributed by atoms with van der Waals surface area (Å²) in [7, 11) is 0. The second-order valence-electron chi connectivity index (χ2n) is 6.59. The molecule has 3 N–H and O–H groups in total. The van der Waals surface area contributed by atoms with Gasteiger partial charge in [0.15, 0.2) is 0 Å². The molecule has 2 aromatic rings. The normalized spacial score (nSPS) is 11.0. The molecule has 0 amide bonds. The summed E-state index contributed by atoms with van der Waals surface area (Å²) in [5.41, 5.74) is 3.55. The third-order valence-corrected chi connectivity index (χ3v) is 4.34. The van der Waals surface area contributed by atoms with Crippen LogP contribution in [0.2, 0.25) is 0 Å². The molecule has 0 aliphatic heterocycles. The molecule has 0 spiro atoms. The van der Waals surface area contributed by atoms with Crippen LogP contribution in [0.4, 0.5) is 5.95 Å². The Balaban J connectivity index is 2.00. The first-order chi connectivity index (χ1) is 14.1. The fraction of sp³-hybridized carbons (Fsp3) is 0.429. The van der Waals surface area contributed by atoms with Gasteiger partial charge >= 0.3 is 0 Å². The summed E-state index contributed by atoms with van der Waals surface area (Å²) in [4.78, 5) is 31.2. The molecule has 0 atom stereocenters. The largest absolute Gasteiger partial charge is 0.493 e. The highest BCUT2D eigenvalue weighted by Crippen LogP contribution is 2.18. The minimum Gasteiger partial charge on any atom is -0.493 e. The number of aliphatic hydroxyl groups excluding tert-OH is 1. The first kappa shape index (κ1) is 22.3. The maximum absolute atomic E-state index is 12.5. The van der Waals surface area contributed by atoms with Crippen LogP contribution in [0.1, 0.15) is 54.2 Å². The first-order valence-electron chi connectivity index (χ1n) is 9.82. The molecule has 0 saturated heterocycles. The van der Waals surface area contributed by atoms with E-state index in [2.05, 4.69) is 27.4 Å². The van der Waals surface area contributed by atoms with Crippen LogP contribution in [0.3, 0.4) is 0 Å². The van der Waals surface area contributed by atoms with E-state index >= 15 is 0 Å². The van der Waals surface area contributed by atoms with Crippen LogP contribution in [0.5, 0.6) is 5.75 Å². The third kappa shape index (κ3) is 6.83. The van der Waals surface area contributed by atoms with Crippen LogP contribution in [-0.2, 0) is 6.42 Å². The minimum atomic E-state index is -0.350. The number of Topliss-reactive ketones (excluding diaryl/α,β-unsaturated/α-hetero) is 1. The molecule has 0 radical (unpaired) electrons. The van der Waals surface area contributed by atoms with E-state index in [0.717, 1.165) is 25.5 Å². The SMILES string of the molecule is CCCCCCOc1ccccc1C(=O)/C=N\Nc1nc(C)c(CCO)c(=O)[nH]1. The number of H-pyrrole nitrogens is 1. The number of carbonyl (C=O) groups excluding carboxylic acids is 1. The molecule has 0 aliphatic rings. The zero-order valence-corrected chi connectivity index (χ0v) is 16.9. The Bertz CT molecular complexity index is 892. The standard InChI is InChI=1S/C21H28N4O4/c1-3-4-5-8-13-29-19-10-7-6-9-17(19)18(27)14-22-25-21-23-15(2)16(11-12-26)20(28)24-21/h6-7,9-10,14,26H,3-5,8,11-13H2,1-2H3,(H2,23,24,25,28)/b22-14-. The number of hydrazone groups is 1.